The molecule has 4 nitrogen and oxygen atoms in total. The fourth-order valence-electron chi connectivity index (χ4n) is 2.15. The molecule has 0 radical (unpaired) electrons. The van der Waals surface area contributed by atoms with Gasteiger partial charge < -0.3 is 10.1 Å². The molecule has 2 aromatic rings. The summed E-state index contributed by atoms with van der Waals surface area (Å²) in [5.74, 6) is -0.462. The SMILES string of the molecule is CC1Sc2ccc(C(=O)OCc3ccc(Br)cc3)cc2NC1=O. The Hall–Kier alpha value is -1.79. The molecule has 0 saturated heterocycles. The zero-order valence-corrected chi connectivity index (χ0v) is 14.7. The van der Waals surface area contributed by atoms with Crippen molar-refractivity contribution < 1.29 is 14.3 Å². The Morgan fingerprint density at radius 3 is 2.74 bits per heavy atom. The normalized spacial score (nSPS) is 16.4. The number of benzene rings is 2. The number of ether oxygens (including phenoxy) is 1. The molecule has 1 heterocycles. The van der Waals surface area contributed by atoms with Crippen LogP contribution in [0, 0.1) is 0 Å². The quantitative estimate of drug-likeness (QED) is 0.794. The van der Waals surface area contributed by atoms with Gasteiger partial charge in [-0.3, -0.25) is 4.79 Å². The predicted octanol–water partition coefficient (Wildman–Crippen LogP) is 4.24. The van der Waals surface area contributed by atoms with Crippen LogP contribution in [0.2, 0.25) is 0 Å². The second kappa shape index (κ2) is 6.76. The zero-order valence-electron chi connectivity index (χ0n) is 12.3. The number of halogens is 1. The van der Waals surface area contributed by atoms with Gasteiger partial charge in [0.2, 0.25) is 5.91 Å². The van der Waals surface area contributed by atoms with Crippen LogP contribution in [-0.4, -0.2) is 17.1 Å². The number of anilines is 1. The second-order valence-corrected chi connectivity index (χ2v) is 7.46. The molecular formula is C17H14BrNO3S. The van der Waals surface area contributed by atoms with Crippen molar-refractivity contribution in [2.24, 2.45) is 0 Å². The van der Waals surface area contributed by atoms with E-state index in [2.05, 4.69) is 21.2 Å². The van der Waals surface area contributed by atoms with Crippen LogP contribution >= 0.6 is 27.7 Å². The summed E-state index contributed by atoms with van der Waals surface area (Å²) in [5, 5.41) is 2.69. The lowest BCUT2D eigenvalue weighted by atomic mass is 10.2. The predicted molar refractivity (Wildman–Crippen MR) is 93.7 cm³/mol. The van der Waals surface area contributed by atoms with Crippen molar-refractivity contribution >= 4 is 45.3 Å². The van der Waals surface area contributed by atoms with Crippen LogP contribution in [0.1, 0.15) is 22.8 Å². The van der Waals surface area contributed by atoms with E-state index in [1.54, 1.807) is 12.1 Å². The number of nitrogens with one attached hydrogen (secondary N) is 1. The number of amides is 1. The van der Waals surface area contributed by atoms with Gasteiger partial charge in [0.25, 0.3) is 0 Å². The molecule has 0 aliphatic carbocycles. The van der Waals surface area contributed by atoms with E-state index in [-0.39, 0.29) is 17.8 Å². The van der Waals surface area contributed by atoms with E-state index in [9.17, 15) is 9.59 Å². The van der Waals surface area contributed by atoms with Crippen LogP contribution < -0.4 is 5.32 Å². The minimum absolute atomic E-state index is 0.0529. The first kappa shape index (κ1) is 16.1. The van der Waals surface area contributed by atoms with Crippen molar-refractivity contribution in [3.63, 3.8) is 0 Å². The second-order valence-electron chi connectivity index (χ2n) is 5.16. The highest BCUT2D eigenvalue weighted by Crippen LogP contribution is 2.36. The number of thioether (sulfide) groups is 1. The molecule has 1 amide bonds. The Kier molecular flexibility index (Phi) is 4.73. The van der Waals surface area contributed by atoms with E-state index >= 15 is 0 Å². The average Bonchev–Trinajstić information content (AvgIpc) is 2.54. The molecule has 1 unspecified atom stereocenters. The van der Waals surface area contributed by atoms with E-state index in [1.165, 1.54) is 11.8 Å². The van der Waals surface area contributed by atoms with E-state index < -0.39 is 5.97 Å². The molecule has 1 aliphatic rings. The van der Waals surface area contributed by atoms with Gasteiger partial charge >= 0.3 is 5.97 Å². The molecule has 1 N–H and O–H groups in total. The number of carbonyl (C=O) groups is 2. The summed E-state index contributed by atoms with van der Waals surface area (Å²) in [5.41, 5.74) is 2.00. The molecule has 2 aromatic carbocycles. The van der Waals surface area contributed by atoms with Crippen LogP contribution in [0.4, 0.5) is 5.69 Å². The molecule has 118 valence electrons. The van der Waals surface area contributed by atoms with Crippen LogP contribution in [0.15, 0.2) is 51.8 Å². The van der Waals surface area contributed by atoms with Crippen molar-refractivity contribution in [1.82, 2.24) is 0 Å². The van der Waals surface area contributed by atoms with Gasteiger partial charge in [-0.2, -0.15) is 0 Å². The fourth-order valence-corrected chi connectivity index (χ4v) is 3.34. The molecule has 1 aliphatic heterocycles. The van der Waals surface area contributed by atoms with Crippen LogP contribution in [0.5, 0.6) is 0 Å². The molecule has 3 rings (SSSR count). The van der Waals surface area contributed by atoms with Gasteiger partial charge in [0.05, 0.1) is 16.5 Å². The largest absolute Gasteiger partial charge is 0.457 e. The lowest BCUT2D eigenvalue weighted by Crippen LogP contribution is -2.26. The number of hydrogen-bond donors (Lipinski definition) is 1. The summed E-state index contributed by atoms with van der Waals surface area (Å²) >= 11 is 4.85. The molecule has 0 aromatic heterocycles. The zero-order chi connectivity index (χ0) is 16.4. The molecule has 0 saturated carbocycles. The maximum Gasteiger partial charge on any atom is 0.338 e. The maximum absolute atomic E-state index is 12.2. The third kappa shape index (κ3) is 3.76. The Balaban J connectivity index is 1.69. The molecule has 0 fully saturated rings. The van der Waals surface area contributed by atoms with Gasteiger partial charge in [-0.05, 0) is 42.8 Å². The third-order valence-corrected chi connectivity index (χ3v) is 5.14. The van der Waals surface area contributed by atoms with Gasteiger partial charge in [0, 0.05) is 9.37 Å². The fraction of sp³-hybridized carbons (Fsp3) is 0.176. The van der Waals surface area contributed by atoms with Crippen molar-refractivity contribution in [3.05, 3.63) is 58.1 Å². The minimum atomic E-state index is -0.409. The first-order valence-corrected chi connectivity index (χ1v) is 8.73. The van der Waals surface area contributed by atoms with Crippen molar-refractivity contribution in [1.29, 1.82) is 0 Å². The first-order valence-electron chi connectivity index (χ1n) is 7.06. The van der Waals surface area contributed by atoms with E-state index in [4.69, 9.17) is 4.74 Å². The Morgan fingerprint density at radius 2 is 2.00 bits per heavy atom. The van der Waals surface area contributed by atoms with E-state index in [0.29, 0.717) is 11.3 Å². The monoisotopic (exact) mass is 391 g/mol. The molecule has 23 heavy (non-hydrogen) atoms. The van der Waals surface area contributed by atoms with Gasteiger partial charge in [0.1, 0.15) is 6.61 Å². The summed E-state index contributed by atoms with van der Waals surface area (Å²) < 4.78 is 6.30. The standard InChI is InChI=1S/C17H14BrNO3S/c1-10-16(20)19-14-8-12(4-7-15(14)23-10)17(21)22-9-11-2-5-13(18)6-3-11/h2-8,10H,9H2,1H3,(H,19,20). The smallest absolute Gasteiger partial charge is 0.338 e. The molecule has 0 spiro atoms. The van der Waals surface area contributed by atoms with E-state index in [1.807, 2.05) is 37.3 Å². The lowest BCUT2D eigenvalue weighted by Gasteiger charge is -2.21. The van der Waals surface area contributed by atoms with Crippen LogP contribution in [-0.2, 0) is 16.1 Å². The Labute approximate surface area is 146 Å². The Bertz CT molecular complexity index is 761. The number of carbonyl (C=O) groups excluding carboxylic acids is 2. The highest BCUT2D eigenvalue weighted by molar-refractivity contribution is 9.10. The summed E-state index contributed by atoms with van der Waals surface area (Å²) in [4.78, 5) is 24.8. The summed E-state index contributed by atoms with van der Waals surface area (Å²) in [6, 6.07) is 12.8. The number of rotatable bonds is 3. The van der Waals surface area contributed by atoms with E-state index in [0.717, 1.165) is 14.9 Å². The van der Waals surface area contributed by atoms with Crippen molar-refractivity contribution in [2.45, 2.75) is 23.7 Å². The minimum Gasteiger partial charge on any atom is -0.457 e. The maximum atomic E-state index is 12.2. The van der Waals surface area contributed by atoms with Crippen molar-refractivity contribution in [3.8, 4) is 0 Å². The number of fused-ring (bicyclic) bond motifs is 1. The molecule has 1 atom stereocenters. The van der Waals surface area contributed by atoms with Gasteiger partial charge in [0.15, 0.2) is 0 Å². The first-order chi connectivity index (χ1) is 11.0. The molecular weight excluding hydrogens is 378 g/mol. The highest BCUT2D eigenvalue weighted by Gasteiger charge is 2.24. The molecule has 6 heteroatoms. The highest BCUT2D eigenvalue weighted by atomic mass is 79.9. The van der Waals surface area contributed by atoms with Gasteiger partial charge in [-0.15, -0.1) is 11.8 Å². The summed E-state index contributed by atoms with van der Waals surface area (Å²) in [7, 11) is 0. The van der Waals surface area contributed by atoms with Crippen LogP contribution in [0.25, 0.3) is 0 Å². The molecule has 0 bridgehead atoms. The lowest BCUT2D eigenvalue weighted by molar-refractivity contribution is -0.115. The summed E-state index contributed by atoms with van der Waals surface area (Å²) in [6.07, 6.45) is 0. The van der Waals surface area contributed by atoms with Gasteiger partial charge in [-0.25, -0.2) is 4.79 Å². The average molecular weight is 392 g/mol. The number of esters is 1. The third-order valence-electron chi connectivity index (χ3n) is 3.43. The Morgan fingerprint density at radius 1 is 1.26 bits per heavy atom. The number of hydrogen-bond acceptors (Lipinski definition) is 4. The summed E-state index contributed by atoms with van der Waals surface area (Å²) in [6.45, 7) is 2.06. The topological polar surface area (TPSA) is 55.4 Å². The van der Waals surface area contributed by atoms with Crippen LogP contribution in [0.3, 0.4) is 0 Å². The van der Waals surface area contributed by atoms with Crippen molar-refractivity contribution in [2.75, 3.05) is 5.32 Å². The van der Waals surface area contributed by atoms with Gasteiger partial charge in [-0.1, -0.05) is 28.1 Å².